The van der Waals surface area contributed by atoms with Crippen molar-refractivity contribution < 1.29 is 5.64 Å². The topological polar surface area (TPSA) is 58.6 Å². The zero-order chi connectivity index (χ0) is 12.5. The first-order chi connectivity index (χ1) is 8.74. The van der Waals surface area contributed by atoms with Crippen molar-refractivity contribution in [2.75, 3.05) is 6.26 Å². The first-order valence-electron chi connectivity index (χ1n) is 5.48. The number of benzene rings is 1. The molecule has 0 amide bonds. The molecule has 1 aromatic carbocycles. The largest absolute Gasteiger partial charge is 0.337 e. The van der Waals surface area contributed by atoms with Gasteiger partial charge in [-0.25, -0.2) is 4.98 Å². The van der Waals surface area contributed by atoms with Gasteiger partial charge in [0.15, 0.2) is 5.82 Å². The summed E-state index contributed by atoms with van der Waals surface area (Å²) in [5, 5.41) is 0. The molecule has 4 nitrogen and oxygen atoms in total. The summed E-state index contributed by atoms with van der Waals surface area (Å²) in [6, 6.07) is 11.3. The van der Waals surface area contributed by atoms with Crippen LogP contribution < -0.4 is 0 Å². The Morgan fingerprint density at radius 1 is 1.28 bits per heavy atom. The van der Waals surface area contributed by atoms with Crippen LogP contribution in [-0.4, -0.2) is 25.4 Å². The van der Waals surface area contributed by atoms with Gasteiger partial charge >= 0.3 is 0 Å². The summed E-state index contributed by atoms with van der Waals surface area (Å²) >= 11 is 0. The summed E-state index contributed by atoms with van der Waals surface area (Å²) < 4.78 is 11.4. The molecule has 92 valence electrons. The zero-order valence-corrected chi connectivity index (χ0v) is 10.6. The minimum Gasteiger partial charge on any atom is -0.337 e. The first-order valence-corrected chi connectivity index (χ1v) is 7.04. The van der Waals surface area contributed by atoms with E-state index in [-0.39, 0.29) is 1.43 Å². The van der Waals surface area contributed by atoms with Gasteiger partial charge in [0.1, 0.15) is 5.69 Å². The van der Waals surface area contributed by atoms with E-state index in [0.29, 0.717) is 0 Å². The number of nitrogens with zero attached hydrogens (tertiary/aromatic N) is 2. The number of aromatic nitrogens is 3. The molecule has 0 saturated carbocycles. The monoisotopic (exact) mass is 259 g/mol. The molecular formula is C13H13N3OS. The summed E-state index contributed by atoms with van der Waals surface area (Å²) in [6.45, 7) is 0. The van der Waals surface area contributed by atoms with E-state index in [1.807, 2.05) is 36.4 Å². The van der Waals surface area contributed by atoms with Gasteiger partial charge in [-0.2, -0.15) is 0 Å². The maximum absolute atomic E-state index is 11.4. The van der Waals surface area contributed by atoms with Crippen LogP contribution in [0, 0.1) is 0 Å². The Bertz CT molecular complexity index is 727. The smallest absolute Gasteiger partial charge is 0.157 e. The normalized spacial score (nSPS) is 12.7. The molecular weight excluding hydrogens is 246 g/mol. The highest BCUT2D eigenvalue weighted by atomic mass is 32.2. The molecule has 2 heterocycles. The molecule has 0 bridgehead atoms. The van der Waals surface area contributed by atoms with Crippen LogP contribution in [0.5, 0.6) is 0 Å². The molecule has 1 N–H and O–H groups in total. The molecule has 2 aromatic heterocycles. The van der Waals surface area contributed by atoms with Gasteiger partial charge in [0.05, 0.1) is 11.0 Å². The van der Waals surface area contributed by atoms with Crippen molar-refractivity contribution in [3.8, 4) is 11.5 Å². The fourth-order valence-corrected chi connectivity index (χ4v) is 2.34. The summed E-state index contributed by atoms with van der Waals surface area (Å²) in [6.07, 6.45) is 3.40. The zero-order valence-electron chi connectivity index (χ0n) is 9.75. The van der Waals surface area contributed by atoms with Crippen LogP contribution >= 0.6 is 0 Å². The predicted octanol–water partition coefficient (Wildman–Crippen LogP) is 2.61. The second-order valence-electron chi connectivity index (χ2n) is 3.93. The van der Waals surface area contributed by atoms with Crippen molar-refractivity contribution in [3.63, 3.8) is 0 Å². The standard InChI is InChI=1S/C13H11N3OS.H2/c1-18(17)9-5-6-10-12(8-9)16-13(15-10)11-4-2-3-7-14-11;/h2-8H,1H3,(H,15,16);1H. The number of hydrogen-bond acceptors (Lipinski definition) is 3. The lowest BCUT2D eigenvalue weighted by Gasteiger charge is -1.94. The quantitative estimate of drug-likeness (QED) is 0.769. The van der Waals surface area contributed by atoms with Gasteiger partial charge < -0.3 is 4.98 Å². The number of pyridine rings is 1. The number of H-pyrrole nitrogens is 1. The lowest BCUT2D eigenvalue weighted by atomic mass is 10.3. The second-order valence-corrected chi connectivity index (χ2v) is 5.31. The molecule has 1 unspecified atom stereocenters. The third-order valence-corrected chi connectivity index (χ3v) is 3.61. The van der Waals surface area contributed by atoms with E-state index in [9.17, 15) is 4.21 Å². The molecule has 3 aromatic rings. The Morgan fingerprint density at radius 2 is 2.17 bits per heavy atom. The van der Waals surface area contributed by atoms with Crippen LogP contribution in [0.25, 0.3) is 22.6 Å². The summed E-state index contributed by atoms with van der Waals surface area (Å²) in [7, 11) is -0.984. The number of imidazole rings is 1. The van der Waals surface area contributed by atoms with E-state index >= 15 is 0 Å². The number of aromatic amines is 1. The summed E-state index contributed by atoms with van der Waals surface area (Å²) in [5.41, 5.74) is 2.53. The van der Waals surface area contributed by atoms with Crippen molar-refractivity contribution in [2.24, 2.45) is 0 Å². The fraction of sp³-hybridized carbons (Fsp3) is 0.0769. The van der Waals surface area contributed by atoms with E-state index < -0.39 is 10.8 Å². The van der Waals surface area contributed by atoms with E-state index in [0.717, 1.165) is 27.4 Å². The van der Waals surface area contributed by atoms with Gasteiger partial charge in [-0.15, -0.1) is 0 Å². The molecule has 0 fully saturated rings. The summed E-state index contributed by atoms with van der Waals surface area (Å²) in [5.74, 6) is 0.727. The lowest BCUT2D eigenvalue weighted by Crippen LogP contribution is -1.86. The van der Waals surface area contributed by atoms with E-state index in [2.05, 4.69) is 15.0 Å². The van der Waals surface area contributed by atoms with Crippen molar-refractivity contribution in [3.05, 3.63) is 42.6 Å². The predicted molar refractivity (Wildman–Crippen MR) is 73.8 cm³/mol. The molecule has 0 aliphatic rings. The van der Waals surface area contributed by atoms with Crippen molar-refractivity contribution in [1.29, 1.82) is 0 Å². The van der Waals surface area contributed by atoms with Crippen LogP contribution in [-0.2, 0) is 10.8 Å². The van der Waals surface area contributed by atoms with Gasteiger partial charge in [0.2, 0.25) is 0 Å². The molecule has 1 atom stereocenters. The third kappa shape index (κ3) is 1.93. The average molecular weight is 259 g/mol. The minimum absolute atomic E-state index is 0. The Labute approximate surface area is 108 Å². The van der Waals surface area contributed by atoms with Crippen molar-refractivity contribution in [1.82, 2.24) is 15.0 Å². The van der Waals surface area contributed by atoms with Gasteiger partial charge in [-0.3, -0.25) is 9.19 Å². The molecule has 0 radical (unpaired) electrons. The molecule has 3 rings (SSSR count). The number of fused-ring (bicyclic) bond motifs is 1. The van der Waals surface area contributed by atoms with Gasteiger partial charge in [0, 0.05) is 29.6 Å². The van der Waals surface area contributed by atoms with E-state index in [4.69, 9.17) is 0 Å². The van der Waals surface area contributed by atoms with Crippen LogP contribution in [0.15, 0.2) is 47.5 Å². The van der Waals surface area contributed by atoms with Crippen molar-refractivity contribution in [2.45, 2.75) is 4.90 Å². The van der Waals surface area contributed by atoms with Crippen LogP contribution in [0.1, 0.15) is 1.43 Å². The molecule has 0 spiro atoms. The number of nitrogens with one attached hydrogen (secondary N) is 1. The van der Waals surface area contributed by atoms with Gasteiger partial charge in [-0.1, -0.05) is 6.07 Å². The van der Waals surface area contributed by atoms with Crippen LogP contribution in [0.4, 0.5) is 0 Å². The second kappa shape index (κ2) is 4.34. The van der Waals surface area contributed by atoms with Crippen molar-refractivity contribution >= 4 is 21.8 Å². The average Bonchev–Trinajstić information content (AvgIpc) is 2.82. The van der Waals surface area contributed by atoms with E-state index in [1.165, 1.54) is 0 Å². The van der Waals surface area contributed by atoms with Crippen LogP contribution in [0.2, 0.25) is 0 Å². The fourth-order valence-electron chi connectivity index (χ4n) is 1.79. The Hall–Kier alpha value is -2.01. The van der Waals surface area contributed by atoms with E-state index in [1.54, 1.807) is 12.5 Å². The van der Waals surface area contributed by atoms with Crippen LogP contribution in [0.3, 0.4) is 0 Å². The number of hydrogen-bond donors (Lipinski definition) is 1. The first kappa shape index (κ1) is 11.1. The maximum atomic E-state index is 11.4. The summed E-state index contributed by atoms with van der Waals surface area (Å²) in [4.78, 5) is 12.7. The molecule has 0 saturated heterocycles. The SMILES string of the molecule is CS(=O)c1ccc2nc(-c3ccccn3)[nH]c2c1.[HH]. The highest BCUT2D eigenvalue weighted by Crippen LogP contribution is 2.20. The highest BCUT2D eigenvalue weighted by molar-refractivity contribution is 7.84. The minimum atomic E-state index is -0.984. The van der Waals surface area contributed by atoms with Gasteiger partial charge in [-0.05, 0) is 30.3 Å². The lowest BCUT2D eigenvalue weighted by molar-refractivity contribution is 0.687. The Kier molecular flexibility index (Phi) is 2.68. The van der Waals surface area contributed by atoms with Gasteiger partial charge in [0.25, 0.3) is 0 Å². The Morgan fingerprint density at radius 3 is 2.89 bits per heavy atom. The third-order valence-electron chi connectivity index (χ3n) is 2.69. The molecule has 0 aliphatic heterocycles. The molecule has 0 aliphatic carbocycles. The molecule has 18 heavy (non-hydrogen) atoms. The highest BCUT2D eigenvalue weighted by Gasteiger charge is 2.07. The Balaban J connectivity index is 0.00000133. The number of rotatable bonds is 2. The molecule has 5 heteroatoms. The maximum Gasteiger partial charge on any atom is 0.157 e.